The highest BCUT2D eigenvalue weighted by Crippen LogP contribution is 2.54. The Kier molecular flexibility index (Phi) is 5.19. The summed E-state index contributed by atoms with van der Waals surface area (Å²) in [5.41, 5.74) is 1.38. The molecule has 0 aromatic heterocycles. The van der Waals surface area contributed by atoms with Gasteiger partial charge in [0, 0.05) is 10.0 Å². The average molecular weight is 346 g/mol. The monoisotopic (exact) mass is 344 g/mol. The van der Waals surface area contributed by atoms with Crippen molar-refractivity contribution < 1.29 is 4.74 Å². The van der Waals surface area contributed by atoms with E-state index in [2.05, 4.69) is 28.9 Å². The first-order valence-electron chi connectivity index (χ1n) is 7.19. The summed E-state index contributed by atoms with van der Waals surface area (Å²) in [6, 6.07) is 6.17. The van der Waals surface area contributed by atoms with Crippen LogP contribution in [0.4, 0.5) is 0 Å². The molecule has 1 aromatic carbocycles. The van der Waals surface area contributed by atoms with E-state index in [9.17, 15) is 0 Å². The van der Waals surface area contributed by atoms with Crippen molar-refractivity contribution in [3.05, 3.63) is 28.2 Å². The van der Waals surface area contributed by atoms with E-state index in [1.54, 1.807) is 0 Å². The molecule has 1 fully saturated rings. The van der Waals surface area contributed by atoms with Gasteiger partial charge < -0.3 is 4.74 Å². The molecule has 1 atom stereocenters. The van der Waals surface area contributed by atoms with Crippen LogP contribution in [0, 0.1) is 5.41 Å². The molecule has 0 bridgehead atoms. The summed E-state index contributed by atoms with van der Waals surface area (Å²) >= 11 is 10.4. The van der Waals surface area contributed by atoms with Crippen LogP contribution in [0.15, 0.2) is 22.7 Å². The van der Waals surface area contributed by atoms with Crippen molar-refractivity contribution in [2.24, 2.45) is 5.41 Å². The summed E-state index contributed by atoms with van der Waals surface area (Å²) < 4.78 is 6.83. The van der Waals surface area contributed by atoms with Gasteiger partial charge in [-0.2, -0.15) is 0 Å². The largest absolute Gasteiger partial charge is 0.494 e. The fourth-order valence-corrected chi connectivity index (χ4v) is 4.12. The lowest BCUT2D eigenvalue weighted by Gasteiger charge is -2.34. The minimum absolute atomic E-state index is 0.0408. The average Bonchev–Trinajstić information content (AvgIpc) is 2.90. The molecule has 3 heteroatoms. The van der Waals surface area contributed by atoms with Crippen LogP contribution >= 0.6 is 27.5 Å². The third-order valence-electron chi connectivity index (χ3n) is 4.39. The lowest BCUT2D eigenvalue weighted by molar-refractivity contribution is 0.262. The molecule has 0 aliphatic heterocycles. The van der Waals surface area contributed by atoms with Crippen molar-refractivity contribution >= 4 is 27.5 Å². The Hall–Kier alpha value is -0.210. The second kappa shape index (κ2) is 6.49. The predicted octanol–water partition coefficient (Wildman–Crippen LogP) is 6.10. The number of ether oxygens (including phenoxy) is 1. The molecule has 19 heavy (non-hydrogen) atoms. The van der Waals surface area contributed by atoms with Gasteiger partial charge in [0.15, 0.2) is 0 Å². The van der Waals surface area contributed by atoms with Crippen LogP contribution in [0.5, 0.6) is 5.75 Å². The molecule has 106 valence electrons. The van der Waals surface area contributed by atoms with Gasteiger partial charge in [-0.3, -0.25) is 0 Å². The Morgan fingerprint density at radius 3 is 2.58 bits per heavy atom. The van der Waals surface area contributed by atoms with Gasteiger partial charge in [0.25, 0.3) is 0 Å². The first-order valence-corrected chi connectivity index (χ1v) is 8.42. The summed E-state index contributed by atoms with van der Waals surface area (Å²) in [6.45, 7) is 4.95. The molecule has 1 nitrogen and oxygen atoms in total. The maximum absolute atomic E-state index is 6.88. The van der Waals surface area contributed by atoms with Crippen molar-refractivity contribution in [3.8, 4) is 5.75 Å². The number of halogens is 2. The van der Waals surface area contributed by atoms with Gasteiger partial charge >= 0.3 is 0 Å². The van der Waals surface area contributed by atoms with E-state index in [-0.39, 0.29) is 10.8 Å². The highest BCUT2D eigenvalue weighted by atomic mass is 79.9. The van der Waals surface area contributed by atoms with Gasteiger partial charge in [0.05, 0.1) is 12.0 Å². The molecule has 1 aromatic rings. The number of alkyl halides is 1. The molecular formula is C16H22BrClO. The third-order valence-corrected chi connectivity index (χ3v) is 5.58. The number of benzene rings is 1. The second-order valence-corrected chi connectivity index (χ2v) is 6.75. The zero-order chi connectivity index (χ0) is 13.9. The summed E-state index contributed by atoms with van der Waals surface area (Å²) in [4.78, 5) is 0. The predicted molar refractivity (Wildman–Crippen MR) is 85.1 cm³/mol. The van der Waals surface area contributed by atoms with Gasteiger partial charge in [-0.05, 0) is 49.8 Å². The van der Waals surface area contributed by atoms with Gasteiger partial charge in [0.2, 0.25) is 0 Å². The Labute approximate surface area is 129 Å². The number of hydrogen-bond acceptors (Lipinski definition) is 1. The third kappa shape index (κ3) is 3.11. The standard InChI is InChI=1S/C16H22BrClO/c1-3-16(9-5-6-10-16)15(18)13-11-12(17)7-8-14(13)19-4-2/h7-8,11,15H,3-6,9-10H2,1-2H3. The molecule has 0 heterocycles. The van der Waals surface area contributed by atoms with E-state index in [1.165, 1.54) is 25.7 Å². The highest BCUT2D eigenvalue weighted by molar-refractivity contribution is 9.10. The Morgan fingerprint density at radius 2 is 2.00 bits per heavy atom. The quantitative estimate of drug-likeness (QED) is 0.586. The van der Waals surface area contributed by atoms with Gasteiger partial charge in [-0.15, -0.1) is 11.6 Å². The molecule has 2 rings (SSSR count). The summed E-state index contributed by atoms with van der Waals surface area (Å²) in [5.74, 6) is 0.936. The van der Waals surface area contributed by atoms with Crippen molar-refractivity contribution in [2.75, 3.05) is 6.61 Å². The zero-order valence-electron chi connectivity index (χ0n) is 11.7. The van der Waals surface area contributed by atoms with Crippen LogP contribution in [-0.2, 0) is 0 Å². The van der Waals surface area contributed by atoms with Gasteiger partial charge in [0.1, 0.15) is 5.75 Å². The molecule has 0 amide bonds. The Morgan fingerprint density at radius 1 is 1.32 bits per heavy atom. The van der Waals surface area contributed by atoms with Crippen molar-refractivity contribution in [2.45, 2.75) is 51.3 Å². The lowest BCUT2D eigenvalue weighted by Crippen LogP contribution is -2.22. The smallest absolute Gasteiger partial charge is 0.124 e. The van der Waals surface area contributed by atoms with Gasteiger partial charge in [-0.1, -0.05) is 35.7 Å². The minimum atomic E-state index is 0.0408. The van der Waals surface area contributed by atoms with Crippen LogP contribution in [0.2, 0.25) is 0 Å². The lowest BCUT2D eigenvalue weighted by atomic mass is 9.77. The van der Waals surface area contributed by atoms with Crippen LogP contribution < -0.4 is 4.74 Å². The van der Waals surface area contributed by atoms with E-state index in [1.807, 2.05) is 19.1 Å². The number of hydrogen-bond donors (Lipinski definition) is 0. The fourth-order valence-electron chi connectivity index (χ4n) is 3.20. The minimum Gasteiger partial charge on any atom is -0.494 e. The molecule has 1 unspecified atom stereocenters. The molecule has 0 N–H and O–H groups in total. The highest BCUT2D eigenvalue weighted by Gasteiger charge is 2.40. The molecule has 0 radical (unpaired) electrons. The first-order chi connectivity index (χ1) is 9.13. The molecule has 1 aliphatic rings. The maximum Gasteiger partial charge on any atom is 0.124 e. The van der Waals surface area contributed by atoms with Crippen molar-refractivity contribution in [1.29, 1.82) is 0 Å². The molecule has 0 spiro atoms. The van der Waals surface area contributed by atoms with Crippen LogP contribution in [0.1, 0.15) is 56.9 Å². The van der Waals surface area contributed by atoms with Crippen molar-refractivity contribution in [1.82, 2.24) is 0 Å². The van der Waals surface area contributed by atoms with E-state index in [0.29, 0.717) is 6.61 Å². The van der Waals surface area contributed by atoms with Crippen LogP contribution in [-0.4, -0.2) is 6.61 Å². The fraction of sp³-hybridized carbons (Fsp3) is 0.625. The summed E-state index contributed by atoms with van der Waals surface area (Å²) in [6.07, 6.45) is 6.20. The summed E-state index contributed by atoms with van der Waals surface area (Å²) in [7, 11) is 0. The zero-order valence-corrected chi connectivity index (χ0v) is 14.1. The SMILES string of the molecule is CCOc1ccc(Br)cc1C(Cl)C1(CC)CCCC1. The van der Waals surface area contributed by atoms with Crippen molar-refractivity contribution in [3.63, 3.8) is 0 Å². The molecule has 1 aliphatic carbocycles. The second-order valence-electron chi connectivity index (χ2n) is 5.40. The van der Waals surface area contributed by atoms with Gasteiger partial charge in [-0.25, -0.2) is 0 Å². The molecule has 1 saturated carbocycles. The first kappa shape index (κ1) is 15.2. The summed E-state index contributed by atoms with van der Waals surface area (Å²) in [5, 5.41) is 0.0408. The maximum atomic E-state index is 6.88. The van der Waals surface area contributed by atoms with E-state index in [4.69, 9.17) is 16.3 Å². The van der Waals surface area contributed by atoms with Crippen LogP contribution in [0.25, 0.3) is 0 Å². The number of rotatable bonds is 5. The van der Waals surface area contributed by atoms with E-state index < -0.39 is 0 Å². The topological polar surface area (TPSA) is 9.23 Å². The Bertz CT molecular complexity index is 427. The van der Waals surface area contributed by atoms with Crippen LogP contribution in [0.3, 0.4) is 0 Å². The molecule has 0 saturated heterocycles. The Balaban J connectivity index is 2.36. The van der Waals surface area contributed by atoms with E-state index in [0.717, 1.165) is 22.2 Å². The van der Waals surface area contributed by atoms with E-state index >= 15 is 0 Å². The normalized spacial score (nSPS) is 19.4. The molecular weight excluding hydrogens is 324 g/mol.